The van der Waals surface area contributed by atoms with E-state index in [9.17, 15) is 14.4 Å². The van der Waals surface area contributed by atoms with Crippen molar-refractivity contribution in [2.75, 3.05) is 10.6 Å². The summed E-state index contributed by atoms with van der Waals surface area (Å²) in [6.45, 7) is 1.80. The number of amides is 1. The van der Waals surface area contributed by atoms with Crippen LogP contribution in [0, 0.1) is 0 Å². The number of halogens is 1. The summed E-state index contributed by atoms with van der Waals surface area (Å²) >= 11 is 3.37. The number of hydrogen-bond donors (Lipinski definition) is 2. The number of H-pyrrole nitrogens is 1. The molecule has 1 heterocycles. The molecular weight excluding hydrogens is 524 g/mol. The van der Waals surface area contributed by atoms with Crippen LogP contribution in [0.2, 0.25) is 0 Å². The van der Waals surface area contributed by atoms with E-state index in [-0.39, 0.29) is 24.6 Å². The van der Waals surface area contributed by atoms with Crippen molar-refractivity contribution in [3.05, 3.63) is 121 Å². The number of carbonyl (C=O) groups is 1. The third-order valence-corrected chi connectivity index (χ3v) is 6.12. The Hall–Kier alpha value is -4.11. The number of aromatic amines is 1. The van der Waals surface area contributed by atoms with Gasteiger partial charge < -0.3 is 10.5 Å². The van der Waals surface area contributed by atoms with E-state index in [4.69, 9.17) is 10.5 Å². The maximum Gasteiger partial charge on any atom is 0.330 e. The van der Waals surface area contributed by atoms with E-state index in [0.717, 1.165) is 15.6 Å². The highest BCUT2D eigenvalue weighted by atomic mass is 79.9. The van der Waals surface area contributed by atoms with Gasteiger partial charge in [-0.1, -0.05) is 76.6 Å². The van der Waals surface area contributed by atoms with E-state index in [1.165, 1.54) is 9.47 Å². The Balaban J connectivity index is 1.75. The summed E-state index contributed by atoms with van der Waals surface area (Å²) in [4.78, 5) is 43.0. The molecule has 184 valence electrons. The molecule has 3 N–H and O–H groups in total. The predicted octanol–water partition coefficient (Wildman–Crippen LogP) is 3.93. The van der Waals surface area contributed by atoms with Crippen molar-refractivity contribution < 1.29 is 9.53 Å². The zero-order valence-corrected chi connectivity index (χ0v) is 21.1. The van der Waals surface area contributed by atoms with Crippen molar-refractivity contribution in [3.63, 3.8) is 0 Å². The third kappa shape index (κ3) is 5.75. The summed E-state index contributed by atoms with van der Waals surface area (Å²) in [5.41, 5.74) is 6.48. The monoisotopic (exact) mass is 548 g/mol. The van der Waals surface area contributed by atoms with E-state index in [1.54, 1.807) is 31.2 Å². The van der Waals surface area contributed by atoms with Gasteiger partial charge in [-0.25, -0.2) is 4.79 Å². The maximum absolute atomic E-state index is 13.7. The quantitative estimate of drug-likeness (QED) is 0.346. The van der Waals surface area contributed by atoms with Gasteiger partial charge in [-0.3, -0.25) is 24.0 Å². The van der Waals surface area contributed by atoms with Gasteiger partial charge in [-0.15, -0.1) is 0 Å². The lowest BCUT2D eigenvalue weighted by molar-refractivity contribution is -0.124. The molecule has 1 atom stereocenters. The first-order valence-electron chi connectivity index (χ1n) is 11.3. The molecule has 4 rings (SSSR count). The molecule has 8 nitrogen and oxygen atoms in total. The molecule has 0 unspecified atom stereocenters. The van der Waals surface area contributed by atoms with Crippen molar-refractivity contribution >= 4 is 33.3 Å². The van der Waals surface area contributed by atoms with E-state index in [2.05, 4.69) is 20.9 Å². The minimum Gasteiger partial charge on any atom is -0.481 e. The molecule has 0 fully saturated rings. The van der Waals surface area contributed by atoms with Crippen LogP contribution in [0.4, 0.5) is 11.5 Å². The highest BCUT2D eigenvalue weighted by Gasteiger charge is 2.29. The molecular formula is C27H25BrN4O4. The van der Waals surface area contributed by atoms with Crippen molar-refractivity contribution in [3.8, 4) is 5.75 Å². The smallest absolute Gasteiger partial charge is 0.330 e. The SMILES string of the molecule is C[C@H](Oc1ccc(Br)cc1)C(=O)N(Cc1ccccc1)c1c(N)n(Cc2ccccc2)c(=O)[nH]c1=O. The molecule has 0 saturated heterocycles. The lowest BCUT2D eigenvalue weighted by Crippen LogP contribution is -2.45. The molecule has 0 spiro atoms. The molecule has 0 radical (unpaired) electrons. The maximum atomic E-state index is 13.7. The highest BCUT2D eigenvalue weighted by Crippen LogP contribution is 2.23. The zero-order chi connectivity index (χ0) is 25.7. The molecule has 0 aliphatic heterocycles. The number of aromatic nitrogens is 2. The minimum atomic E-state index is -0.941. The van der Waals surface area contributed by atoms with E-state index in [1.807, 2.05) is 60.7 Å². The largest absolute Gasteiger partial charge is 0.481 e. The van der Waals surface area contributed by atoms with Gasteiger partial charge in [0.25, 0.3) is 11.5 Å². The Labute approximate surface area is 216 Å². The van der Waals surface area contributed by atoms with Crippen LogP contribution in [0.25, 0.3) is 0 Å². The number of nitrogens with zero attached hydrogens (tertiary/aromatic N) is 2. The topological polar surface area (TPSA) is 110 Å². The summed E-state index contributed by atoms with van der Waals surface area (Å²) in [6, 6.07) is 25.5. The van der Waals surface area contributed by atoms with Crippen LogP contribution in [0.15, 0.2) is 99.0 Å². The molecule has 1 amide bonds. The number of anilines is 2. The molecule has 4 aromatic rings. The Morgan fingerprint density at radius 3 is 2.17 bits per heavy atom. The fourth-order valence-electron chi connectivity index (χ4n) is 3.78. The zero-order valence-electron chi connectivity index (χ0n) is 19.6. The lowest BCUT2D eigenvalue weighted by atomic mass is 10.2. The molecule has 0 saturated carbocycles. The predicted molar refractivity (Wildman–Crippen MR) is 143 cm³/mol. The first-order chi connectivity index (χ1) is 17.3. The Bertz CT molecular complexity index is 1450. The molecule has 3 aromatic carbocycles. The molecule has 1 aromatic heterocycles. The fourth-order valence-corrected chi connectivity index (χ4v) is 4.05. The number of ether oxygens (including phenoxy) is 1. The first kappa shape index (κ1) is 25.0. The van der Waals surface area contributed by atoms with Crippen molar-refractivity contribution in [2.45, 2.75) is 26.1 Å². The van der Waals surface area contributed by atoms with Crippen LogP contribution in [-0.2, 0) is 17.9 Å². The van der Waals surface area contributed by atoms with Crippen LogP contribution < -0.4 is 26.6 Å². The number of nitrogen functional groups attached to an aromatic ring is 1. The van der Waals surface area contributed by atoms with Gasteiger partial charge in [0.2, 0.25) is 0 Å². The summed E-state index contributed by atoms with van der Waals surface area (Å²) in [5.74, 6) is -0.0914. The van der Waals surface area contributed by atoms with Crippen LogP contribution in [0.1, 0.15) is 18.1 Å². The number of nitrogens with two attached hydrogens (primary N) is 1. The van der Waals surface area contributed by atoms with Crippen LogP contribution in [-0.4, -0.2) is 21.6 Å². The molecule has 0 aliphatic rings. The van der Waals surface area contributed by atoms with Gasteiger partial charge in [0, 0.05) is 4.47 Å². The Morgan fingerprint density at radius 2 is 1.56 bits per heavy atom. The van der Waals surface area contributed by atoms with Crippen LogP contribution in [0.5, 0.6) is 5.75 Å². The van der Waals surface area contributed by atoms with E-state index < -0.39 is 23.3 Å². The Kier molecular flexibility index (Phi) is 7.70. The van der Waals surface area contributed by atoms with Gasteiger partial charge >= 0.3 is 5.69 Å². The fraction of sp³-hybridized carbons (Fsp3) is 0.148. The first-order valence-corrected chi connectivity index (χ1v) is 12.1. The number of rotatable bonds is 8. The summed E-state index contributed by atoms with van der Waals surface area (Å²) in [6.07, 6.45) is -0.941. The van der Waals surface area contributed by atoms with Crippen LogP contribution >= 0.6 is 15.9 Å². The van der Waals surface area contributed by atoms with Crippen LogP contribution in [0.3, 0.4) is 0 Å². The standard InChI is InChI=1S/C27H25BrN4O4/c1-18(36-22-14-12-21(28)13-15-22)26(34)31(16-19-8-4-2-5-9-19)23-24(29)32(27(35)30-25(23)33)17-20-10-6-3-7-11-20/h2-15,18H,16-17,29H2,1H3,(H,30,33,35)/t18-/m0/s1. The number of nitrogens with one attached hydrogen (secondary N) is 1. The van der Waals surface area contributed by atoms with Crippen molar-refractivity contribution in [1.29, 1.82) is 0 Å². The summed E-state index contributed by atoms with van der Waals surface area (Å²) in [7, 11) is 0. The molecule has 9 heteroatoms. The minimum absolute atomic E-state index is 0.0601. The van der Waals surface area contributed by atoms with Gasteiger partial charge in [0.15, 0.2) is 11.8 Å². The van der Waals surface area contributed by atoms with E-state index >= 15 is 0 Å². The second-order valence-corrected chi connectivity index (χ2v) is 9.10. The Morgan fingerprint density at radius 1 is 0.972 bits per heavy atom. The lowest BCUT2D eigenvalue weighted by Gasteiger charge is -2.27. The molecule has 0 bridgehead atoms. The number of carbonyl (C=O) groups excluding carboxylic acids is 1. The van der Waals surface area contributed by atoms with Crippen molar-refractivity contribution in [2.24, 2.45) is 0 Å². The third-order valence-electron chi connectivity index (χ3n) is 5.59. The average molecular weight is 549 g/mol. The molecule has 0 aliphatic carbocycles. The van der Waals surface area contributed by atoms with Gasteiger partial charge in [-0.05, 0) is 42.3 Å². The van der Waals surface area contributed by atoms with Gasteiger partial charge in [-0.2, -0.15) is 0 Å². The average Bonchev–Trinajstić information content (AvgIpc) is 2.88. The van der Waals surface area contributed by atoms with Gasteiger partial charge in [0.1, 0.15) is 11.6 Å². The number of benzene rings is 3. The highest BCUT2D eigenvalue weighted by molar-refractivity contribution is 9.10. The second kappa shape index (κ2) is 11.1. The second-order valence-electron chi connectivity index (χ2n) is 8.19. The van der Waals surface area contributed by atoms with Gasteiger partial charge in [0.05, 0.1) is 13.1 Å². The number of hydrogen-bond acceptors (Lipinski definition) is 5. The summed E-state index contributed by atoms with van der Waals surface area (Å²) in [5, 5.41) is 0. The molecule has 36 heavy (non-hydrogen) atoms. The van der Waals surface area contributed by atoms with E-state index in [0.29, 0.717) is 5.75 Å². The normalized spacial score (nSPS) is 11.6. The van der Waals surface area contributed by atoms with Crippen molar-refractivity contribution in [1.82, 2.24) is 9.55 Å². The summed E-state index contributed by atoms with van der Waals surface area (Å²) < 4.78 is 7.99.